The number of hydrogen-bond donors (Lipinski definition) is 1. The molecule has 0 aliphatic carbocycles. The van der Waals surface area contributed by atoms with Gasteiger partial charge in [0.2, 0.25) is 0 Å². The molecule has 2 nitrogen and oxygen atoms in total. The summed E-state index contributed by atoms with van der Waals surface area (Å²) in [5.74, 6) is 12.0. The summed E-state index contributed by atoms with van der Waals surface area (Å²) in [6, 6.07) is 0. The molecule has 1 fully saturated rings. The lowest BCUT2D eigenvalue weighted by Gasteiger charge is -2.01. The second kappa shape index (κ2) is 14.6. The van der Waals surface area contributed by atoms with Crippen molar-refractivity contribution in [1.82, 2.24) is 0 Å². The summed E-state index contributed by atoms with van der Waals surface area (Å²) >= 11 is 0. The Morgan fingerprint density at radius 2 is 1.43 bits per heavy atom. The highest BCUT2D eigenvalue weighted by Crippen LogP contribution is 2.29. The molecule has 130 valence electrons. The third-order valence-electron chi connectivity index (χ3n) is 4.25. The van der Waals surface area contributed by atoms with Crippen LogP contribution in [-0.4, -0.2) is 23.9 Å². The molecule has 1 saturated heterocycles. The number of hydrogen-bond acceptors (Lipinski definition) is 2. The zero-order valence-electron chi connectivity index (χ0n) is 14.9. The van der Waals surface area contributed by atoms with Crippen molar-refractivity contribution in [1.29, 1.82) is 0 Å². The van der Waals surface area contributed by atoms with E-state index in [2.05, 4.69) is 30.6 Å². The van der Waals surface area contributed by atoms with Crippen molar-refractivity contribution in [3.05, 3.63) is 0 Å². The van der Waals surface area contributed by atoms with Crippen LogP contribution in [0.3, 0.4) is 0 Å². The van der Waals surface area contributed by atoms with Crippen molar-refractivity contribution in [3.8, 4) is 23.7 Å². The first-order valence-electron chi connectivity index (χ1n) is 9.56. The third-order valence-corrected chi connectivity index (χ3v) is 4.25. The molecule has 0 bridgehead atoms. The molecule has 1 rings (SSSR count). The fourth-order valence-electron chi connectivity index (χ4n) is 2.76. The maximum atomic E-state index is 8.59. The number of epoxide rings is 1. The van der Waals surface area contributed by atoms with E-state index in [1.54, 1.807) is 0 Å². The van der Waals surface area contributed by atoms with Crippen LogP contribution in [0, 0.1) is 23.7 Å². The second-order valence-electron chi connectivity index (χ2n) is 6.39. The maximum absolute atomic E-state index is 8.59. The molecule has 1 heterocycles. The molecule has 0 radical (unpaired) electrons. The minimum Gasteiger partial charge on any atom is -0.395 e. The van der Waals surface area contributed by atoms with Crippen LogP contribution in [0.15, 0.2) is 0 Å². The minimum atomic E-state index is 0.136. The van der Waals surface area contributed by atoms with E-state index in [1.807, 2.05) is 0 Å². The highest BCUT2D eigenvalue weighted by molar-refractivity contribution is 5.13. The van der Waals surface area contributed by atoms with E-state index in [-0.39, 0.29) is 6.61 Å². The van der Waals surface area contributed by atoms with Crippen molar-refractivity contribution in [2.45, 2.75) is 103 Å². The van der Waals surface area contributed by atoms with Gasteiger partial charge in [0.15, 0.2) is 0 Å². The molecule has 0 amide bonds. The molecule has 0 saturated carbocycles. The number of aliphatic hydroxyl groups excluding tert-OH is 1. The van der Waals surface area contributed by atoms with Gasteiger partial charge in [0.25, 0.3) is 0 Å². The standard InChI is InChI=1S/C21H34O2/c1-2-3-4-5-6-7-8-11-14-17-20-21(23-20)18-15-12-9-10-13-16-19-22/h20-22H,2-9,11,14,16-19H2,1H3/t20-,21+/m1/s1. The number of ether oxygens (including phenoxy) is 1. The van der Waals surface area contributed by atoms with Crippen LogP contribution in [-0.2, 0) is 4.74 Å². The predicted molar refractivity (Wildman–Crippen MR) is 97.0 cm³/mol. The van der Waals surface area contributed by atoms with Crippen LogP contribution in [0.5, 0.6) is 0 Å². The van der Waals surface area contributed by atoms with Gasteiger partial charge < -0.3 is 9.84 Å². The van der Waals surface area contributed by atoms with E-state index in [9.17, 15) is 0 Å². The molecular weight excluding hydrogens is 284 g/mol. The Kier molecular flexibility index (Phi) is 12.8. The minimum absolute atomic E-state index is 0.136. The van der Waals surface area contributed by atoms with E-state index in [0.717, 1.165) is 6.42 Å². The van der Waals surface area contributed by atoms with Crippen LogP contribution in [0.1, 0.15) is 90.4 Å². The van der Waals surface area contributed by atoms with Gasteiger partial charge in [-0.25, -0.2) is 0 Å². The van der Waals surface area contributed by atoms with Crippen LogP contribution in [0.2, 0.25) is 0 Å². The van der Waals surface area contributed by atoms with Gasteiger partial charge in [-0.15, -0.1) is 0 Å². The number of aliphatic hydroxyl groups is 1. The van der Waals surface area contributed by atoms with Crippen LogP contribution in [0.25, 0.3) is 0 Å². The maximum Gasteiger partial charge on any atom is 0.0950 e. The quantitative estimate of drug-likeness (QED) is 0.317. The molecule has 1 N–H and O–H groups in total. The molecule has 0 aromatic carbocycles. The molecular formula is C21H34O2. The first-order valence-corrected chi connectivity index (χ1v) is 9.56. The average molecular weight is 319 g/mol. The lowest BCUT2D eigenvalue weighted by atomic mass is 10.0. The molecule has 1 aliphatic rings. The van der Waals surface area contributed by atoms with Crippen molar-refractivity contribution in [2.24, 2.45) is 0 Å². The SMILES string of the molecule is CCCCCCCCCCC[C@H]1O[C@H]1CC#CCC#CCCO. The Bertz CT molecular complexity index is 394. The Morgan fingerprint density at radius 1 is 0.783 bits per heavy atom. The summed E-state index contributed by atoms with van der Waals surface area (Å²) in [6.45, 7) is 2.41. The van der Waals surface area contributed by atoms with E-state index in [1.165, 1.54) is 64.2 Å². The van der Waals surface area contributed by atoms with Gasteiger partial charge in [-0.3, -0.25) is 0 Å². The molecule has 0 unspecified atom stereocenters. The van der Waals surface area contributed by atoms with Gasteiger partial charge in [-0.05, 0) is 6.42 Å². The summed E-state index contributed by atoms with van der Waals surface area (Å²) in [5, 5.41) is 8.59. The fourth-order valence-corrected chi connectivity index (χ4v) is 2.76. The zero-order chi connectivity index (χ0) is 16.6. The van der Waals surface area contributed by atoms with Crippen LogP contribution >= 0.6 is 0 Å². The summed E-state index contributed by atoms with van der Waals surface area (Å²) in [4.78, 5) is 0. The largest absolute Gasteiger partial charge is 0.395 e. The smallest absolute Gasteiger partial charge is 0.0950 e. The van der Waals surface area contributed by atoms with Crippen LogP contribution < -0.4 is 0 Å². The second-order valence-corrected chi connectivity index (χ2v) is 6.39. The summed E-state index contributed by atoms with van der Waals surface area (Å²) in [5.41, 5.74) is 0. The summed E-state index contributed by atoms with van der Waals surface area (Å²) < 4.78 is 5.66. The van der Waals surface area contributed by atoms with Gasteiger partial charge in [0.05, 0.1) is 25.2 Å². The fraction of sp³-hybridized carbons (Fsp3) is 0.810. The van der Waals surface area contributed by atoms with Gasteiger partial charge >= 0.3 is 0 Å². The Morgan fingerprint density at radius 3 is 2.13 bits per heavy atom. The topological polar surface area (TPSA) is 32.8 Å². The molecule has 2 heteroatoms. The summed E-state index contributed by atoms with van der Waals surface area (Å²) in [6.07, 6.45) is 16.5. The number of rotatable bonds is 12. The highest BCUT2D eigenvalue weighted by atomic mass is 16.6. The van der Waals surface area contributed by atoms with Gasteiger partial charge in [-0.2, -0.15) is 0 Å². The Balaban J connectivity index is 1.84. The first kappa shape index (κ1) is 20.1. The average Bonchev–Trinajstić information content (AvgIpc) is 3.31. The van der Waals surface area contributed by atoms with Gasteiger partial charge in [-0.1, -0.05) is 88.4 Å². The van der Waals surface area contributed by atoms with Crippen LogP contribution in [0.4, 0.5) is 0 Å². The van der Waals surface area contributed by atoms with E-state index >= 15 is 0 Å². The zero-order valence-corrected chi connectivity index (χ0v) is 14.9. The molecule has 23 heavy (non-hydrogen) atoms. The van der Waals surface area contributed by atoms with Crippen molar-refractivity contribution < 1.29 is 9.84 Å². The van der Waals surface area contributed by atoms with E-state index < -0.39 is 0 Å². The van der Waals surface area contributed by atoms with Crippen molar-refractivity contribution in [3.63, 3.8) is 0 Å². The van der Waals surface area contributed by atoms with Gasteiger partial charge in [0, 0.05) is 12.8 Å². The monoisotopic (exact) mass is 318 g/mol. The molecule has 0 spiro atoms. The van der Waals surface area contributed by atoms with Crippen molar-refractivity contribution >= 4 is 0 Å². The molecule has 1 aliphatic heterocycles. The van der Waals surface area contributed by atoms with Gasteiger partial charge in [0.1, 0.15) is 0 Å². The Labute approximate surface area is 143 Å². The van der Waals surface area contributed by atoms with E-state index in [4.69, 9.17) is 9.84 Å². The molecule has 0 aromatic rings. The van der Waals surface area contributed by atoms with E-state index in [0.29, 0.717) is 25.0 Å². The lowest BCUT2D eigenvalue weighted by molar-refractivity contribution is 0.305. The Hall–Kier alpha value is -0.960. The number of unbranched alkanes of at least 4 members (excludes halogenated alkanes) is 8. The molecule has 2 atom stereocenters. The summed E-state index contributed by atoms with van der Waals surface area (Å²) in [7, 11) is 0. The normalized spacial score (nSPS) is 18.7. The lowest BCUT2D eigenvalue weighted by Crippen LogP contribution is -1.93. The highest BCUT2D eigenvalue weighted by Gasteiger charge is 2.36. The first-order chi connectivity index (χ1) is 11.4. The third kappa shape index (κ3) is 12.2. The van der Waals surface area contributed by atoms with Crippen molar-refractivity contribution in [2.75, 3.05) is 6.61 Å². The predicted octanol–water partition coefficient (Wildman–Crippen LogP) is 4.84. The molecule has 0 aromatic heterocycles.